The lowest BCUT2D eigenvalue weighted by Crippen LogP contribution is -2.39. The SMILES string of the molecule is O=C(NCc1ccco1)C1(C(=O)Nc2ccc(F)c(Cl)c2)CC1. The quantitative estimate of drug-likeness (QED) is 0.824. The first-order valence-corrected chi connectivity index (χ1v) is 7.46. The molecule has 1 fully saturated rings. The Morgan fingerprint density at radius 3 is 2.65 bits per heavy atom. The maximum absolute atomic E-state index is 13.1. The van der Waals surface area contributed by atoms with Gasteiger partial charge >= 0.3 is 0 Å². The number of amides is 2. The van der Waals surface area contributed by atoms with Gasteiger partial charge in [-0.25, -0.2) is 4.39 Å². The lowest BCUT2D eigenvalue weighted by atomic mass is 10.0. The van der Waals surface area contributed by atoms with E-state index < -0.39 is 17.1 Å². The average molecular weight is 337 g/mol. The normalized spacial score (nSPS) is 15.0. The van der Waals surface area contributed by atoms with Gasteiger partial charge < -0.3 is 15.1 Å². The summed E-state index contributed by atoms with van der Waals surface area (Å²) in [4.78, 5) is 24.6. The van der Waals surface area contributed by atoms with E-state index in [0.717, 1.165) is 6.07 Å². The summed E-state index contributed by atoms with van der Waals surface area (Å²) in [6, 6.07) is 7.33. The number of carbonyl (C=O) groups excluding carboxylic acids is 2. The molecule has 0 aliphatic heterocycles. The second-order valence-electron chi connectivity index (χ2n) is 5.43. The Kier molecular flexibility index (Phi) is 4.09. The van der Waals surface area contributed by atoms with Gasteiger partial charge in [-0.1, -0.05) is 11.6 Å². The van der Waals surface area contributed by atoms with Gasteiger partial charge in [-0.2, -0.15) is 0 Å². The monoisotopic (exact) mass is 336 g/mol. The van der Waals surface area contributed by atoms with Crippen molar-refractivity contribution in [3.05, 3.63) is 53.2 Å². The van der Waals surface area contributed by atoms with Crippen molar-refractivity contribution in [2.45, 2.75) is 19.4 Å². The van der Waals surface area contributed by atoms with Gasteiger partial charge in [-0.15, -0.1) is 0 Å². The molecule has 1 aromatic carbocycles. The van der Waals surface area contributed by atoms with Crippen LogP contribution in [0, 0.1) is 11.2 Å². The fourth-order valence-corrected chi connectivity index (χ4v) is 2.44. The molecule has 2 amide bonds. The van der Waals surface area contributed by atoms with Gasteiger partial charge in [0.25, 0.3) is 0 Å². The molecule has 23 heavy (non-hydrogen) atoms. The number of nitrogens with one attached hydrogen (secondary N) is 2. The summed E-state index contributed by atoms with van der Waals surface area (Å²) < 4.78 is 18.3. The molecule has 2 aromatic rings. The standard InChI is InChI=1S/C16H14ClFN2O3/c17-12-8-10(3-4-13(12)18)20-15(22)16(5-6-16)14(21)19-9-11-2-1-7-23-11/h1-4,7-8H,5-6,9H2,(H,19,21)(H,20,22). The van der Waals surface area contributed by atoms with Crippen molar-refractivity contribution in [3.8, 4) is 0 Å². The van der Waals surface area contributed by atoms with E-state index in [4.69, 9.17) is 16.0 Å². The van der Waals surface area contributed by atoms with E-state index in [2.05, 4.69) is 10.6 Å². The van der Waals surface area contributed by atoms with Crippen molar-refractivity contribution in [3.63, 3.8) is 0 Å². The molecule has 0 bridgehead atoms. The summed E-state index contributed by atoms with van der Waals surface area (Å²) in [5, 5.41) is 5.22. The van der Waals surface area contributed by atoms with Crippen molar-refractivity contribution < 1.29 is 18.4 Å². The van der Waals surface area contributed by atoms with Gasteiger partial charge in [-0.05, 0) is 43.2 Å². The van der Waals surface area contributed by atoms with Crippen LogP contribution < -0.4 is 10.6 Å². The van der Waals surface area contributed by atoms with Crippen molar-refractivity contribution in [2.24, 2.45) is 5.41 Å². The van der Waals surface area contributed by atoms with Crippen LogP contribution in [-0.2, 0) is 16.1 Å². The van der Waals surface area contributed by atoms with E-state index in [0.29, 0.717) is 24.3 Å². The molecule has 1 heterocycles. The second-order valence-corrected chi connectivity index (χ2v) is 5.83. The van der Waals surface area contributed by atoms with E-state index in [1.807, 2.05) is 0 Å². The molecule has 0 atom stereocenters. The maximum Gasteiger partial charge on any atom is 0.240 e. The highest BCUT2D eigenvalue weighted by molar-refractivity contribution is 6.31. The zero-order valence-electron chi connectivity index (χ0n) is 12.1. The Morgan fingerprint density at radius 1 is 1.26 bits per heavy atom. The summed E-state index contributed by atoms with van der Waals surface area (Å²) in [5.74, 6) is -0.724. The van der Waals surface area contributed by atoms with E-state index in [1.165, 1.54) is 18.4 Å². The molecule has 1 saturated carbocycles. The third-order valence-electron chi connectivity index (χ3n) is 3.80. The number of benzene rings is 1. The van der Waals surface area contributed by atoms with Crippen LogP contribution in [0.5, 0.6) is 0 Å². The number of halogens is 2. The van der Waals surface area contributed by atoms with Crippen LogP contribution in [0.2, 0.25) is 5.02 Å². The van der Waals surface area contributed by atoms with Crippen LogP contribution in [-0.4, -0.2) is 11.8 Å². The molecule has 2 N–H and O–H groups in total. The van der Waals surface area contributed by atoms with Crippen LogP contribution in [0.25, 0.3) is 0 Å². The van der Waals surface area contributed by atoms with Crippen LogP contribution >= 0.6 is 11.6 Å². The van der Waals surface area contributed by atoms with Crippen LogP contribution in [0.3, 0.4) is 0 Å². The Morgan fingerprint density at radius 2 is 2.04 bits per heavy atom. The Labute approximate surface area is 136 Å². The summed E-state index contributed by atoms with van der Waals surface area (Å²) in [5.41, 5.74) is -0.723. The zero-order chi connectivity index (χ0) is 16.4. The lowest BCUT2D eigenvalue weighted by Gasteiger charge is -2.15. The topological polar surface area (TPSA) is 71.3 Å². The van der Waals surface area contributed by atoms with Crippen molar-refractivity contribution >= 4 is 29.1 Å². The average Bonchev–Trinajstić information content (AvgIpc) is 3.18. The van der Waals surface area contributed by atoms with Crippen LogP contribution in [0.15, 0.2) is 41.0 Å². The molecule has 1 aromatic heterocycles. The van der Waals surface area contributed by atoms with E-state index in [9.17, 15) is 14.0 Å². The van der Waals surface area contributed by atoms with Gasteiger partial charge in [-0.3, -0.25) is 9.59 Å². The van der Waals surface area contributed by atoms with Crippen molar-refractivity contribution in [1.82, 2.24) is 5.32 Å². The van der Waals surface area contributed by atoms with Crippen LogP contribution in [0.4, 0.5) is 10.1 Å². The van der Waals surface area contributed by atoms with E-state index in [-0.39, 0.29) is 17.5 Å². The second kappa shape index (κ2) is 6.04. The molecule has 0 saturated heterocycles. The highest BCUT2D eigenvalue weighted by Crippen LogP contribution is 2.47. The minimum Gasteiger partial charge on any atom is -0.467 e. The molecule has 0 spiro atoms. The van der Waals surface area contributed by atoms with Crippen molar-refractivity contribution in [1.29, 1.82) is 0 Å². The number of anilines is 1. The molecular weight excluding hydrogens is 323 g/mol. The highest BCUT2D eigenvalue weighted by Gasteiger charge is 2.56. The Hall–Kier alpha value is -2.34. The smallest absolute Gasteiger partial charge is 0.240 e. The largest absolute Gasteiger partial charge is 0.467 e. The zero-order valence-corrected chi connectivity index (χ0v) is 12.8. The Bertz CT molecular complexity index is 742. The number of rotatable bonds is 5. The Balaban J connectivity index is 1.63. The summed E-state index contributed by atoms with van der Waals surface area (Å²) in [6.45, 7) is 0.225. The minimum atomic E-state index is -1.08. The number of hydrogen-bond donors (Lipinski definition) is 2. The number of carbonyl (C=O) groups is 2. The molecule has 1 aliphatic carbocycles. The van der Waals surface area contributed by atoms with Crippen LogP contribution in [0.1, 0.15) is 18.6 Å². The lowest BCUT2D eigenvalue weighted by molar-refractivity contribution is -0.134. The minimum absolute atomic E-state index is 0.0880. The molecule has 0 radical (unpaired) electrons. The molecule has 5 nitrogen and oxygen atoms in total. The highest BCUT2D eigenvalue weighted by atomic mass is 35.5. The first-order valence-electron chi connectivity index (χ1n) is 7.08. The van der Waals surface area contributed by atoms with Gasteiger partial charge in [0.15, 0.2) is 0 Å². The molecular formula is C16H14ClFN2O3. The predicted molar refractivity (Wildman–Crippen MR) is 82.3 cm³/mol. The number of hydrogen-bond acceptors (Lipinski definition) is 3. The predicted octanol–water partition coefficient (Wildman–Crippen LogP) is 3.11. The van der Waals surface area contributed by atoms with Gasteiger partial charge in [0, 0.05) is 5.69 Å². The molecule has 0 unspecified atom stereocenters. The molecule has 7 heteroatoms. The fraction of sp³-hybridized carbons (Fsp3) is 0.250. The van der Waals surface area contributed by atoms with Gasteiger partial charge in [0.1, 0.15) is 17.0 Å². The summed E-state index contributed by atoms with van der Waals surface area (Å²) in [6.07, 6.45) is 2.45. The van der Waals surface area contributed by atoms with E-state index >= 15 is 0 Å². The first kappa shape index (κ1) is 15.6. The van der Waals surface area contributed by atoms with Gasteiger partial charge in [0.05, 0.1) is 17.8 Å². The molecule has 1 aliphatic rings. The third-order valence-corrected chi connectivity index (χ3v) is 4.09. The summed E-state index contributed by atoms with van der Waals surface area (Å²) in [7, 11) is 0. The number of furan rings is 1. The molecule has 120 valence electrons. The van der Waals surface area contributed by atoms with Crippen molar-refractivity contribution in [2.75, 3.05) is 5.32 Å². The third kappa shape index (κ3) is 3.22. The fourth-order valence-electron chi connectivity index (χ4n) is 2.26. The molecule has 3 rings (SSSR count). The maximum atomic E-state index is 13.1. The van der Waals surface area contributed by atoms with E-state index in [1.54, 1.807) is 12.1 Å². The van der Waals surface area contributed by atoms with Gasteiger partial charge in [0.2, 0.25) is 11.8 Å². The summed E-state index contributed by atoms with van der Waals surface area (Å²) >= 11 is 5.68. The first-order chi connectivity index (χ1) is 11.0.